The minimum Gasteiger partial charge on any atom is -0.357 e. The first kappa shape index (κ1) is 21.3. The Morgan fingerprint density at radius 1 is 1.00 bits per heavy atom. The Morgan fingerprint density at radius 2 is 1.71 bits per heavy atom. The van der Waals surface area contributed by atoms with Gasteiger partial charge in [-0.2, -0.15) is 0 Å². The maximum Gasteiger partial charge on any atom is 0.260 e. The van der Waals surface area contributed by atoms with Crippen LogP contribution in [0.2, 0.25) is 0 Å². The number of nitrogens with one attached hydrogen (secondary N) is 1. The lowest BCUT2D eigenvalue weighted by atomic mass is 9.95. The Balaban J connectivity index is 1.50. The van der Waals surface area contributed by atoms with Gasteiger partial charge in [-0.15, -0.1) is 0 Å². The molecule has 0 spiro atoms. The van der Waals surface area contributed by atoms with Crippen LogP contribution in [-0.4, -0.2) is 42.5 Å². The minimum absolute atomic E-state index is 0.116. The molecule has 6 nitrogen and oxygen atoms in total. The summed E-state index contributed by atoms with van der Waals surface area (Å²) in [6, 6.07) is 9.39. The van der Waals surface area contributed by atoms with E-state index in [1.54, 1.807) is 12.3 Å². The predicted molar refractivity (Wildman–Crippen MR) is 119 cm³/mol. The van der Waals surface area contributed by atoms with Gasteiger partial charge in [-0.3, -0.25) is 14.5 Å². The van der Waals surface area contributed by atoms with E-state index in [4.69, 9.17) is 0 Å². The highest BCUT2D eigenvalue weighted by Crippen LogP contribution is 2.22. The molecule has 1 aliphatic carbocycles. The lowest BCUT2D eigenvalue weighted by Crippen LogP contribution is -2.45. The number of aromatic nitrogens is 1. The van der Waals surface area contributed by atoms with Crippen molar-refractivity contribution in [2.45, 2.75) is 51.0 Å². The smallest absolute Gasteiger partial charge is 0.260 e. The van der Waals surface area contributed by atoms with E-state index in [1.807, 2.05) is 6.07 Å². The van der Waals surface area contributed by atoms with Crippen molar-refractivity contribution in [2.75, 3.05) is 29.4 Å². The molecular weight excluding hydrogens is 395 g/mol. The second kappa shape index (κ2) is 9.90. The van der Waals surface area contributed by atoms with Gasteiger partial charge >= 0.3 is 0 Å². The van der Waals surface area contributed by atoms with Crippen molar-refractivity contribution in [1.82, 2.24) is 10.3 Å². The monoisotopic (exact) mass is 424 g/mol. The van der Waals surface area contributed by atoms with Crippen molar-refractivity contribution in [1.29, 1.82) is 0 Å². The fraction of sp³-hybridized carbons (Fsp3) is 0.458. The summed E-state index contributed by atoms with van der Waals surface area (Å²) in [5.41, 5.74) is 0.881. The first-order chi connectivity index (χ1) is 15.1. The largest absolute Gasteiger partial charge is 0.357 e. The van der Waals surface area contributed by atoms with E-state index in [-0.39, 0.29) is 30.2 Å². The molecule has 1 aromatic carbocycles. The van der Waals surface area contributed by atoms with Crippen LogP contribution in [0, 0.1) is 5.82 Å². The van der Waals surface area contributed by atoms with E-state index in [0.29, 0.717) is 11.3 Å². The maximum atomic E-state index is 13.4. The average Bonchev–Trinajstić information content (AvgIpc) is 3.34. The fourth-order valence-electron chi connectivity index (χ4n) is 4.37. The molecule has 1 saturated carbocycles. The van der Waals surface area contributed by atoms with Crippen molar-refractivity contribution < 1.29 is 14.0 Å². The molecule has 2 aliphatic rings. The van der Waals surface area contributed by atoms with Crippen molar-refractivity contribution in [3.63, 3.8) is 0 Å². The summed E-state index contributed by atoms with van der Waals surface area (Å²) in [6.45, 7) is 1.83. The van der Waals surface area contributed by atoms with E-state index >= 15 is 0 Å². The van der Waals surface area contributed by atoms with E-state index in [2.05, 4.69) is 15.2 Å². The van der Waals surface area contributed by atoms with Crippen LogP contribution >= 0.6 is 0 Å². The van der Waals surface area contributed by atoms with Gasteiger partial charge in [0.05, 0.1) is 5.56 Å². The number of amides is 2. The molecule has 2 heterocycles. The highest BCUT2D eigenvalue weighted by Gasteiger charge is 2.24. The molecule has 0 bridgehead atoms. The fourth-order valence-corrected chi connectivity index (χ4v) is 4.37. The van der Waals surface area contributed by atoms with Crippen molar-refractivity contribution >= 4 is 23.3 Å². The lowest BCUT2D eigenvalue weighted by molar-refractivity contribution is -0.120. The summed E-state index contributed by atoms with van der Waals surface area (Å²) in [5, 5.41) is 3.05. The summed E-state index contributed by atoms with van der Waals surface area (Å²) in [4.78, 5) is 34.1. The highest BCUT2D eigenvalue weighted by atomic mass is 19.1. The third kappa shape index (κ3) is 5.40. The third-order valence-electron chi connectivity index (χ3n) is 6.08. The quantitative estimate of drug-likeness (QED) is 0.764. The van der Waals surface area contributed by atoms with Gasteiger partial charge in [0.1, 0.15) is 18.2 Å². The first-order valence-electron chi connectivity index (χ1n) is 11.2. The van der Waals surface area contributed by atoms with Gasteiger partial charge in [0.2, 0.25) is 5.91 Å². The van der Waals surface area contributed by atoms with Crippen LogP contribution in [0.3, 0.4) is 0 Å². The molecule has 1 N–H and O–H groups in total. The molecule has 1 aromatic heterocycles. The number of pyridine rings is 1. The molecule has 164 valence electrons. The van der Waals surface area contributed by atoms with Crippen LogP contribution in [0.5, 0.6) is 0 Å². The number of nitrogens with zero attached hydrogens (tertiary/aromatic N) is 3. The van der Waals surface area contributed by atoms with Gasteiger partial charge in [-0.1, -0.05) is 19.3 Å². The molecule has 1 aliphatic heterocycles. The van der Waals surface area contributed by atoms with E-state index < -0.39 is 0 Å². The van der Waals surface area contributed by atoms with Crippen molar-refractivity contribution in [2.24, 2.45) is 0 Å². The normalized spacial score (nSPS) is 16.9. The number of rotatable bonds is 6. The van der Waals surface area contributed by atoms with Crippen molar-refractivity contribution in [3.05, 3.63) is 54.0 Å². The molecule has 2 fully saturated rings. The zero-order chi connectivity index (χ0) is 21.6. The van der Waals surface area contributed by atoms with Gasteiger partial charge < -0.3 is 10.2 Å². The van der Waals surface area contributed by atoms with Gasteiger partial charge in [0.15, 0.2) is 0 Å². The topological polar surface area (TPSA) is 65.5 Å². The van der Waals surface area contributed by atoms with Gasteiger partial charge in [0.25, 0.3) is 5.91 Å². The second-order valence-corrected chi connectivity index (χ2v) is 8.37. The Labute approximate surface area is 182 Å². The standard InChI is InChI=1S/C24H29FN4O2/c25-19-9-11-21(12-10-19)29(17-23(30)27-20-6-2-1-3-7-20)24(31)18-8-13-22(26-16-18)28-14-4-5-15-28/h8-13,16,20H,1-7,14-15,17H2,(H,27,30). The van der Waals surface area contributed by atoms with Crippen LogP contribution in [0.25, 0.3) is 0 Å². The third-order valence-corrected chi connectivity index (χ3v) is 6.08. The van der Waals surface area contributed by atoms with Crippen LogP contribution < -0.4 is 15.1 Å². The molecule has 2 amide bonds. The Hall–Kier alpha value is -2.96. The summed E-state index contributed by atoms with van der Waals surface area (Å²) in [7, 11) is 0. The maximum absolute atomic E-state index is 13.4. The molecule has 0 atom stereocenters. The van der Waals surface area contributed by atoms with E-state index in [1.165, 1.54) is 35.6 Å². The Kier molecular flexibility index (Phi) is 6.79. The lowest BCUT2D eigenvalue weighted by Gasteiger charge is -2.26. The number of anilines is 2. The molecule has 4 rings (SSSR count). The average molecular weight is 425 g/mol. The summed E-state index contributed by atoms with van der Waals surface area (Å²) in [5.74, 6) is -0.0612. The molecule has 0 unspecified atom stereocenters. The summed E-state index contributed by atoms with van der Waals surface area (Å²) >= 11 is 0. The van der Waals surface area contributed by atoms with E-state index in [9.17, 15) is 14.0 Å². The van der Waals surface area contributed by atoms with E-state index in [0.717, 1.165) is 57.4 Å². The molecule has 7 heteroatoms. The number of carbonyl (C=O) groups is 2. The van der Waals surface area contributed by atoms with Gasteiger partial charge in [0, 0.05) is 31.0 Å². The predicted octanol–water partition coefficient (Wildman–Crippen LogP) is 3.92. The first-order valence-corrected chi connectivity index (χ1v) is 11.2. The Morgan fingerprint density at radius 3 is 2.35 bits per heavy atom. The number of halogens is 1. The minimum atomic E-state index is -0.389. The second-order valence-electron chi connectivity index (χ2n) is 8.37. The number of hydrogen-bond donors (Lipinski definition) is 1. The highest BCUT2D eigenvalue weighted by molar-refractivity contribution is 6.08. The molecule has 1 saturated heterocycles. The zero-order valence-electron chi connectivity index (χ0n) is 17.7. The van der Waals surface area contributed by atoms with Crippen LogP contribution in [0.1, 0.15) is 55.3 Å². The molecular formula is C24H29FN4O2. The van der Waals surface area contributed by atoms with Crippen molar-refractivity contribution in [3.8, 4) is 0 Å². The van der Waals surface area contributed by atoms with Crippen LogP contribution in [0.15, 0.2) is 42.6 Å². The summed E-state index contributed by atoms with van der Waals surface area (Å²) in [6.07, 6.45) is 9.23. The number of carbonyl (C=O) groups excluding carboxylic acids is 2. The number of benzene rings is 1. The summed E-state index contributed by atoms with van der Waals surface area (Å²) < 4.78 is 13.4. The van der Waals surface area contributed by atoms with Gasteiger partial charge in [-0.05, 0) is 62.1 Å². The number of hydrogen-bond acceptors (Lipinski definition) is 4. The van der Waals surface area contributed by atoms with Crippen LogP contribution in [0.4, 0.5) is 15.9 Å². The van der Waals surface area contributed by atoms with Gasteiger partial charge in [-0.25, -0.2) is 9.37 Å². The van der Waals surface area contributed by atoms with Crippen LogP contribution in [-0.2, 0) is 4.79 Å². The molecule has 2 aromatic rings. The zero-order valence-corrected chi connectivity index (χ0v) is 17.7. The SMILES string of the molecule is O=C(CN(C(=O)c1ccc(N2CCCC2)nc1)c1ccc(F)cc1)NC1CCCCC1. The molecule has 31 heavy (non-hydrogen) atoms. The Bertz CT molecular complexity index is 889. The molecule has 0 radical (unpaired) electrons.